The highest BCUT2D eigenvalue weighted by atomic mass is 16.5. The lowest BCUT2D eigenvalue weighted by Gasteiger charge is -2.25. The van der Waals surface area contributed by atoms with Crippen molar-refractivity contribution in [3.05, 3.63) is 38.7 Å². The maximum Gasteiger partial charge on any atom is 0.330 e. The molecule has 1 aromatic heterocycles. The lowest BCUT2D eigenvalue weighted by Crippen LogP contribution is -2.34. The van der Waals surface area contributed by atoms with Crippen LogP contribution in [0.1, 0.15) is 51.8 Å². The molecular weight excluding hydrogens is 294 g/mol. The van der Waals surface area contributed by atoms with Crippen LogP contribution in [0.2, 0.25) is 0 Å². The van der Waals surface area contributed by atoms with E-state index >= 15 is 0 Å². The van der Waals surface area contributed by atoms with Gasteiger partial charge in [0.2, 0.25) is 0 Å². The average molecular weight is 321 g/mol. The molecule has 128 valence electrons. The van der Waals surface area contributed by atoms with E-state index in [1.807, 2.05) is 0 Å². The summed E-state index contributed by atoms with van der Waals surface area (Å²) in [6.45, 7) is 6.94. The number of nitrogens with one attached hydrogen (secondary N) is 1. The molecular formula is C17H27N3O3. The maximum absolute atomic E-state index is 12.1. The van der Waals surface area contributed by atoms with E-state index in [1.54, 1.807) is 18.3 Å². The van der Waals surface area contributed by atoms with Crippen LogP contribution in [0, 0.1) is 11.8 Å². The molecule has 1 saturated heterocycles. The van der Waals surface area contributed by atoms with Gasteiger partial charge in [0, 0.05) is 12.7 Å². The first-order valence-corrected chi connectivity index (χ1v) is 8.35. The van der Waals surface area contributed by atoms with Crippen molar-refractivity contribution in [2.45, 2.75) is 52.4 Å². The predicted molar refractivity (Wildman–Crippen MR) is 91.2 cm³/mol. The van der Waals surface area contributed by atoms with Gasteiger partial charge in [-0.1, -0.05) is 39.3 Å². The van der Waals surface area contributed by atoms with E-state index in [9.17, 15) is 9.59 Å². The van der Waals surface area contributed by atoms with Gasteiger partial charge in [0.25, 0.3) is 5.56 Å². The highest BCUT2D eigenvalue weighted by Crippen LogP contribution is 2.34. The van der Waals surface area contributed by atoms with Gasteiger partial charge in [0.05, 0.1) is 11.7 Å². The number of nitrogens with two attached hydrogens (primary N) is 1. The number of hydrogen-bond acceptors (Lipinski definition) is 4. The Morgan fingerprint density at radius 3 is 2.83 bits per heavy atom. The molecule has 6 nitrogen and oxygen atoms in total. The standard InChI is InChI=1S/C17H27N3O3/c1-4-11(2)12(3)14-7-8-15(23-14)20-10-13(6-5-9-18)16(21)19-17(20)22/h5-6,10-12,14-15H,4,7-9,18H2,1-3H3,(H,19,21,22)/b6-5+. The third-order valence-electron chi connectivity index (χ3n) is 4.90. The van der Waals surface area contributed by atoms with Gasteiger partial charge in [-0.2, -0.15) is 0 Å². The van der Waals surface area contributed by atoms with Crippen LogP contribution in [0.3, 0.4) is 0 Å². The minimum atomic E-state index is -0.429. The molecule has 1 aliphatic rings. The summed E-state index contributed by atoms with van der Waals surface area (Å²) in [6.07, 6.45) is 7.52. The van der Waals surface area contributed by atoms with Crippen LogP contribution in [0.25, 0.3) is 6.08 Å². The summed E-state index contributed by atoms with van der Waals surface area (Å²) in [6, 6.07) is 0. The van der Waals surface area contributed by atoms with Gasteiger partial charge in [-0.25, -0.2) is 4.79 Å². The second-order valence-electron chi connectivity index (χ2n) is 6.34. The Bertz CT molecular complexity index is 662. The van der Waals surface area contributed by atoms with E-state index in [0.717, 1.165) is 19.3 Å². The van der Waals surface area contributed by atoms with Gasteiger partial charge >= 0.3 is 5.69 Å². The maximum atomic E-state index is 12.1. The van der Waals surface area contributed by atoms with Crippen molar-refractivity contribution < 1.29 is 4.74 Å². The van der Waals surface area contributed by atoms with Crippen molar-refractivity contribution in [1.29, 1.82) is 0 Å². The number of nitrogens with zero attached hydrogens (tertiary/aromatic N) is 1. The van der Waals surface area contributed by atoms with Crippen LogP contribution < -0.4 is 17.0 Å². The van der Waals surface area contributed by atoms with Gasteiger partial charge in [-0.3, -0.25) is 14.3 Å². The van der Waals surface area contributed by atoms with Crippen LogP contribution in [0.4, 0.5) is 0 Å². The monoisotopic (exact) mass is 321 g/mol. The fraction of sp³-hybridized carbons (Fsp3) is 0.647. The smallest absolute Gasteiger partial charge is 0.330 e. The summed E-state index contributed by atoms with van der Waals surface area (Å²) in [4.78, 5) is 26.3. The van der Waals surface area contributed by atoms with Crippen LogP contribution in [-0.4, -0.2) is 22.2 Å². The minimum absolute atomic E-state index is 0.150. The molecule has 2 rings (SSSR count). The fourth-order valence-electron chi connectivity index (χ4n) is 3.00. The molecule has 1 aliphatic heterocycles. The second kappa shape index (κ2) is 7.75. The Balaban J connectivity index is 2.21. The summed E-state index contributed by atoms with van der Waals surface area (Å²) < 4.78 is 7.59. The molecule has 0 spiro atoms. The van der Waals surface area contributed by atoms with Crippen LogP contribution >= 0.6 is 0 Å². The Morgan fingerprint density at radius 2 is 2.17 bits per heavy atom. The first kappa shape index (κ1) is 17.7. The molecule has 0 amide bonds. The summed E-state index contributed by atoms with van der Waals surface area (Å²) in [5.74, 6) is 1.02. The van der Waals surface area contributed by atoms with Gasteiger partial charge in [0.15, 0.2) is 0 Å². The summed E-state index contributed by atoms with van der Waals surface area (Å²) in [5, 5.41) is 0. The normalized spacial score (nSPS) is 24.2. The molecule has 0 bridgehead atoms. The molecule has 6 heteroatoms. The number of H-pyrrole nitrogens is 1. The summed E-state index contributed by atoms with van der Waals surface area (Å²) in [7, 11) is 0. The molecule has 4 atom stereocenters. The topological polar surface area (TPSA) is 90.1 Å². The van der Waals surface area contributed by atoms with Crippen LogP contribution in [0.15, 0.2) is 21.9 Å². The highest BCUT2D eigenvalue weighted by molar-refractivity contribution is 5.46. The van der Waals surface area contributed by atoms with E-state index in [-0.39, 0.29) is 12.3 Å². The first-order chi connectivity index (χ1) is 11.0. The number of aromatic nitrogens is 2. The molecule has 23 heavy (non-hydrogen) atoms. The van der Waals surface area contributed by atoms with E-state index in [2.05, 4.69) is 25.8 Å². The Labute approximate surface area is 136 Å². The Kier molecular flexibility index (Phi) is 5.96. The Hall–Kier alpha value is -1.66. The van der Waals surface area contributed by atoms with E-state index < -0.39 is 11.2 Å². The SMILES string of the molecule is CCC(C)C(C)C1CCC(n2cc(/C=C/CN)c(=O)[nH]c2=O)O1. The van der Waals surface area contributed by atoms with Gasteiger partial charge in [-0.15, -0.1) is 0 Å². The zero-order chi connectivity index (χ0) is 17.0. The zero-order valence-electron chi connectivity index (χ0n) is 14.1. The number of aromatic amines is 1. The third kappa shape index (κ3) is 4.00. The van der Waals surface area contributed by atoms with Crippen LogP contribution in [0.5, 0.6) is 0 Å². The van der Waals surface area contributed by atoms with Gasteiger partial charge < -0.3 is 10.5 Å². The molecule has 0 aromatic carbocycles. The van der Waals surface area contributed by atoms with E-state index in [1.165, 1.54) is 4.57 Å². The quantitative estimate of drug-likeness (QED) is 0.837. The van der Waals surface area contributed by atoms with Crippen molar-refractivity contribution >= 4 is 6.08 Å². The number of ether oxygens (including phenoxy) is 1. The van der Waals surface area contributed by atoms with Crippen molar-refractivity contribution in [3.8, 4) is 0 Å². The first-order valence-electron chi connectivity index (χ1n) is 8.35. The molecule has 3 N–H and O–H groups in total. The zero-order valence-corrected chi connectivity index (χ0v) is 14.1. The van der Waals surface area contributed by atoms with Crippen molar-refractivity contribution in [2.75, 3.05) is 6.54 Å². The molecule has 0 aliphatic carbocycles. The third-order valence-corrected chi connectivity index (χ3v) is 4.90. The molecule has 1 fully saturated rings. The lowest BCUT2D eigenvalue weighted by molar-refractivity contribution is -0.0349. The summed E-state index contributed by atoms with van der Waals surface area (Å²) in [5.41, 5.74) is 5.00. The number of rotatable bonds is 6. The molecule has 1 aromatic rings. The Morgan fingerprint density at radius 1 is 1.43 bits per heavy atom. The lowest BCUT2D eigenvalue weighted by atomic mass is 9.88. The van der Waals surface area contributed by atoms with Crippen LogP contribution in [-0.2, 0) is 4.74 Å². The predicted octanol–water partition coefficient (Wildman–Crippen LogP) is 1.87. The van der Waals surface area contributed by atoms with Crippen molar-refractivity contribution in [1.82, 2.24) is 9.55 Å². The van der Waals surface area contributed by atoms with Gasteiger partial charge in [-0.05, 0) is 24.7 Å². The largest absolute Gasteiger partial charge is 0.354 e. The molecule has 0 saturated carbocycles. The fourth-order valence-corrected chi connectivity index (χ4v) is 3.00. The van der Waals surface area contributed by atoms with Crippen molar-refractivity contribution in [2.24, 2.45) is 17.6 Å². The molecule has 2 heterocycles. The van der Waals surface area contributed by atoms with E-state index in [0.29, 0.717) is 23.9 Å². The van der Waals surface area contributed by atoms with E-state index in [4.69, 9.17) is 10.5 Å². The van der Waals surface area contributed by atoms with Crippen molar-refractivity contribution in [3.63, 3.8) is 0 Å². The second-order valence-corrected chi connectivity index (χ2v) is 6.34. The minimum Gasteiger partial charge on any atom is -0.354 e. The average Bonchev–Trinajstić information content (AvgIpc) is 3.02. The van der Waals surface area contributed by atoms with Gasteiger partial charge in [0.1, 0.15) is 6.23 Å². The summed E-state index contributed by atoms with van der Waals surface area (Å²) >= 11 is 0. The molecule has 4 unspecified atom stereocenters. The molecule has 0 radical (unpaired) electrons. The number of hydrogen-bond donors (Lipinski definition) is 2. The highest BCUT2D eigenvalue weighted by Gasteiger charge is 2.32.